The number of nitrogens with zero attached hydrogens (tertiary/aromatic N) is 1. The lowest BCUT2D eigenvalue weighted by Crippen LogP contribution is -2.29. The van der Waals surface area contributed by atoms with Gasteiger partial charge in [0.05, 0.1) is 0 Å². The maximum Gasteiger partial charge on any atom is 0.354 e. The minimum atomic E-state index is -4.88. The number of rotatable bonds is 9. The summed E-state index contributed by atoms with van der Waals surface area (Å²) in [5, 5.41) is 4.11. The van der Waals surface area contributed by atoms with E-state index in [0.717, 1.165) is 16.5 Å². The third kappa shape index (κ3) is 6.80. The Morgan fingerprint density at radius 2 is 1.90 bits per heavy atom. The van der Waals surface area contributed by atoms with Crippen molar-refractivity contribution in [2.24, 2.45) is 0 Å². The highest BCUT2D eigenvalue weighted by Crippen LogP contribution is 2.58. The average Bonchev–Trinajstić information content (AvgIpc) is 2.77. The van der Waals surface area contributed by atoms with Gasteiger partial charge in [0.15, 0.2) is 0 Å². The van der Waals surface area contributed by atoms with E-state index in [9.17, 15) is 9.13 Å². The van der Waals surface area contributed by atoms with Gasteiger partial charge < -0.3 is 19.6 Å². The fourth-order valence-electron chi connectivity index (χ4n) is 1.33. The molecule has 0 aliphatic heterocycles. The Hall–Kier alpha value is 0.240. The molecule has 1 rings (SSSR count). The highest BCUT2D eigenvalue weighted by molar-refractivity contribution is 8.00. The number of hydrogen-bond donors (Lipinski definition) is 5. The van der Waals surface area contributed by atoms with Gasteiger partial charge in [-0.3, -0.25) is 14.4 Å². The van der Waals surface area contributed by atoms with Gasteiger partial charge in [-0.1, -0.05) is 11.8 Å². The quantitative estimate of drug-likeness (QED) is 0.249. The SMILES string of the molecule is O=P(O)(O)C(NCCCCSc1nccs1)P(=O)(O)O. The van der Waals surface area contributed by atoms with Crippen molar-refractivity contribution in [1.82, 2.24) is 10.3 Å². The molecule has 0 spiro atoms. The van der Waals surface area contributed by atoms with E-state index in [1.54, 1.807) is 18.0 Å². The standard InChI is InChI=1S/C8H16N2O6P2S2/c11-17(12,13)7(18(14,15)16)9-3-1-2-5-19-8-10-4-6-20-8/h4,6-7,9H,1-3,5H2,(H2,11,12,13)(H2,14,15,16). The maximum atomic E-state index is 11.0. The lowest BCUT2D eigenvalue weighted by molar-refractivity contribution is 0.327. The van der Waals surface area contributed by atoms with Crippen LogP contribution in [0.15, 0.2) is 15.9 Å². The topological polar surface area (TPSA) is 140 Å². The molecule has 0 aliphatic rings. The molecule has 0 radical (unpaired) electrons. The minimum absolute atomic E-state index is 0.124. The van der Waals surface area contributed by atoms with E-state index in [2.05, 4.69) is 10.3 Å². The summed E-state index contributed by atoms with van der Waals surface area (Å²) in [5.74, 6) is 0.783. The van der Waals surface area contributed by atoms with Gasteiger partial charge in [-0.2, -0.15) is 0 Å². The third-order valence-corrected chi connectivity index (χ3v) is 7.67. The van der Waals surface area contributed by atoms with Gasteiger partial charge in [0.2, 0.25) is 5.52 Å². The van der Waals surface area contributed by atoms with Crippen molar-refractivity contribution >= 4 is 38.3 Å². The van der Waals surface area contributed by atoms with Crippen LogP contribution in [-0.4, -0.2) is 42.4 Å². The molecule has 0 atom stereocenters. The number of unbranched alkanes of at least 4 members (excludes halogenated alkanes) is 1. The van der Waals surface area contributed by atoms with Crippen LogP contribution in [-0.2, 0) is 9.13 Å². The summed E-state index contributed by atoms with van der Waals surface area (Å²) in [6, 6.07) is 0. The Morgan fingerprint density at radius 1 is 1.25 bits per heavy atom. The lowest BCUT2D eigenvalue weighted by Gasteiger charge is -2.20. The molecule has 116 valence electrons. The Kier molecular flexibility index (Phi) is 7.34. The summed E-state index contributed by atoms with van der Waals surface area (Å²) in [5.41, 5.74) is -2.12. The summed E-state index contributed by atoms with van der Waals surface area (Å²) < 4.78 is 22.9. The highest BCUT2D eigenvalue weighted by atomic mass is 32.2. The maximum absolute atomic E-state index is 11.0. The van der Waals surface area contributed by atoms with Gasteiger partial charge in [-0.05, 0) is 19.4 Å². The Balaban J connectivity index is 2.25. The summed E-state index contributed by atoms with van der Waals surface area (Å²) in [4.78, 5) is 39.6. The zero-order valence-corrected chi connectivity index (χ0v) is 13.7. The molecule has 0 unspecified atom stereocenters. The summed E-state index contributed by atoms with van der Waals surface area (Å²) in [7, 11) is -9.76. The fourth-order valence-corrected chi connectivity index (χ4v) is 5.34. The summed E-state index contributed by atoms with van der Waals surface area (Å²) in [6.07, 6.45) is 3.00. The second kappa shape index (κ2) is 8.03. The van der Waals surface area contributed by atoms with Crippen molar-refractivity contribution in [3.05, 3.63) is 11.6 Å². The van der Waals surface area contributed by atoms with Gasteiger partial charge in [0.1, 0.15) is 4.34 Å². The van der Waals surface area contributed by atoms with E-state index in [1.807, 2.05) is 5.38 Å². The van der Waals surface area contributed by atoms with Crippen LogP contribution in [0.25, 0.3) is 0 Å². The van der Waals surface area contributed by atoms with E-state index in [-0.39, 0.29) is 6.54 Å². The normalized spacial score (nSPS) is 13.1. The van der Waals surface area contributed by atoms with Gasteiger partial charge in [-0.15, -0.1) is 11.3 Å². The second-order valence-electron chi connectivity index (χ2n) is 3.86. The number of thioether (sulfide) groups is 1. The van der Waals surface area contributed by atoms with E-state index >= 15 is 0 Å². The number of aromatic nitrogens is 1. The number of thiazole rings is 1. The van der Waals surface area contributed by atoms with Crippen molar-refractivity contribution in [2.45, 2.75) is 22.7 Å². The molecule has 5 N–H and O–H groups in total. The minimum Gasteiger partial charge on any atom is -0.323 e. The van der Waals surface area contributed by atoms with Crippen LogP contribution in [0.4, 0.5) is 0 Å². The van der Waals surface area contributed by atoms with Gasteiger partial charge in [-0.25, -0.2) is 4.98 Å². The predicted molar refractivity (Wildman–Crippen MR) is 78.0 cm³/mol. The molecule has 1 heterocycles. The first-order valence-electron chi connectivity index (χ1n) is 5.57. The number of hydrogen-bond acceptors (Lipinski definition) is 6. The molecule has 0 saturated carbocycles. The smallest absolute Gasteiger partial charge is 0.323 e. The monoisotopic (exact) mass is 362 g/mol. The van der Waals surface area contributed by atoms with Gasteiger partial charge >= 0.3 is 15.2 Å². The Bertz CT molecular complexity index is 465. The van der Waals surface area contributed by atoms with Crippen molar-refractivity contribution in [3.63, 3.8) is 0 Å². The number of nitrogens with one attached hydrogen (secondary N) is 1. The van der Waals surface area contributed by atoms with Crippen LogP contribution >= 0.6 is 38.3 Å². The summed E-state index contributed by atoms with van der Waals surface area (Å²) in [6.45, 7) is 0.124. The molecule has 20 heavy (non-hydrogen) atoms. The predicted octanol–water partition coefficient (Wildman–Crippen LogP) is 1.24. The molecule has 0 aromatic carbocycles. The van der Waals surface area contributed by atoms with E-state index < -0.39 is 20.7 Å². The molecule has 1 aromatic heterocycles. The third-order valence-electron chi connectivity index (χ3n) is 2.17. The molecular formula is C8H16N2O6P2S2. The van der Waals surface area contributed by atoms with E-state index in [4.69, 9.17) is 19.6 Å². The zero-order chi connectivity index (χ0) is 15.2. The lowest BCUT2D eigenvalue weighted by atomic mass is 10.3. The first kappa shape index (κ1) is 18.3. The van der Waals surface area contributed by atoms with Crippen LogP contribution in [0.5, 0.6) is 0 Å². The van der Waals surface area contributed by atoms with Crippen molar-refractivity contribution in [3.8, 4) is 0 Å². The van der Waals surface area contributed by atoms with E-state index in [1.165, 1.54) is 11.3 Å². The second-order valence-corrected chi connectivity index (χ2v) is 9.89. The molecule has 1 aromatic rings. The first-order chi connectivity index (χ1) is 9.21. The molecule has 0 amide bonds. The van der Waals surface area contributed by atoms with Crippen LogP contribution < -0.4 is 5.32 Å². The zero-order valence-electron chi connectivity index (χ0n) is 10.3. The van der Waals surface area contributed by atoms with Gasteiger partial charge in [0.25, 0.3) is 0 Å². The van der Waals surface area contributed by atoms with Crippen LogP contribution in [0, 0.1) is 0 Å². The largest absolute Gasteiger partial charge is 0.354 e. The van der Waals surface area contributed by atoms with Crippen LogP contribution in [0.2, 0.25) is 0 Å². The van der Waals surface area contributed by atoms with Crippen LogP contribution in [0.1, 0.15) is 12.8 Å². The van der Waals surface area contributed by atoms with Crippen LogP contribution in [0.3, 0.4) is 0 Å². The average molecular weight is 362 g/mol. The molecule has 8 nitrogen and oxygen atoms in total. The molecule has 12 heteroatoms. The Morgan fingerprint density at radius 3 is 2.40 bits per heavy atom. The first-order valence-corrected chi connectivity index (χ1v) is 10.8. The summed E-state index contributed by atoms with van der Waals surface area (Å²) >= 11 is 3.10. The van der Waals surface area contributed by atoms with Crippen molar-refractivity contribution < 1.29 is 28.7 Å². The molecule has 0 fully saturated rings. The molecule has 0 bridgehead atoms. The van der Waals surface area contributed by atoms with Crippen molar-refractivity contribution in [2.75, 3.05) is 12.3 Å². The van der Waals surface area contributed by atoms with E-state index in [0.29, 0.717) is 6.42 Å². The highest BCUT2D eigenvalue weighted by Gasteiger charge is 2.42. The van der Waals surface area contributed by atoms with Gasteiger partial charge in [0, 0.05) is 17.3 Å². The van der Waals surface area contributed by atoms with Crippen molar-refractivity contribution in [1.29, 1.82) is 0 Å². The molecule has 0 aliphatic carbocycles. The molecule has 0 saturated heterocycles. The molecular weight excluding hydrogens is 346 g/mol. The fraction of sp³-hybridized carbons (Fsp3) is 0.625. The Labute approximate surface area is 124 Å².